The molecule has 6 rings (SSSR count). The van der Waals surface area contributed by atoms with Crippen molar-refractivity contribution in [3.8, 4) is 45.6 Å². The van der Waals surface area contributed by atoms with E-state index < -0.39 is 5.63 Å². The maximum absolute atomic E-state index is 13.9. The molecule has 0 aliphatic heterocycles. The molecule has 3 aromatic heterocycles. The van der Waals surface area contributed by atoms with Gasteiger partial charge in [0.1, 0.15) is 24.3 Å². The molecule has 3 heterocycles. The zero-order chi connectivity index (χ0) is 32.7. The molecule has 0 radical (unpaired) electrons. The molecular weight excluding hydrogens is 590 g/mol. The van der Waals surface area contributed by atoms with Crippen LogP contribution in [0.5, 0.6) is 34.5 Å². The van der Waals surface area contributed by atoms with Crippen LogP contribution in [0.1, 0.15) is 0 Å². The first kappa shape index (κ1) is 30.9. The lowest BCUT2D eigenvalue weighted by Crippen LogP contribution is -2.21. The summed E-state index contributed by atoms with van der Waals surface area (Å²) in [6, 6.07) is 13.8. The van der Waals surface area contributed by atoms with Gasteiger partial charge in [0, 0.05) is 47.1 Å². The number of hydrogen-bond acceptors (Lipinski definition) is 10. The van der Waals surface area contributed by atoms with Crippen molar-refractivity contribution in [1.82, 2.24) is 14.2 Å². The quantitative estimate of drug-likeness (QED) is 0.183. The smallest absolute Gasteiger partial charge is 0.361 e. The molecule has 0 aliphatic rings. The fourth-order valence-electron chi connectivity index (χ4n) is 5.71. The predicted molar refractivity (Wildman–Crippen MR) is 178 cm³/mol. The average molecular weight is 628 g/mol. The topological polar surface area (TPSA) is 118 Å². The summed E-state index contributed by atoms with van der Waals surface area (Å²) >= 11 is 0. The van der Waals surface area contributed by atoms with Gasteiger partial charge in [0.2, 0.25) is 0 Å². The van der Waals surface area contributed by atoms with Crippen molar-refractivity contribution < 1.29 is 33.6 Å². The fourth-order valence-corrected chi connectivity index (χ4v) is 5.71. The Kier molecular flexibility index (Phi) is 8.28. The SMILES string of the molecule is COc1ccc(-c2c3c4cc(OCCN(C)C)c(OCCN(C)C)cc4oc(=O)c3n3ccc4cc(O)c(OC)cc4c23)cc1O. The van der Waals surface area contributed by atoms with E-state index in [-0.39, 0.29) is 17.2 Å². The third-order valence-electron chi connectivity index (χ3n) is 7.99. The highest BCUT2D eigenvalue weighted by Crippen LogP contribution is 2.46. The van der Waals surface area contributed by atoms with Gasteiger partial charge in [-0.2, -0.15) is 0 Å². The molecule has 2 N–H and O–H groups in total. The maximum Gasteiger partial charge on any atom is 0.361 e. The van der Waals surface area contributed by atoms with Gasteiger partial charge in [-0.15, -0.1) is 0 Å². The standard InChI is InChI=1S/C35H37N3O8/c1-36(2)11-13-44-29-18-23-27(19-30(29)45-14-12-37(3)4)46-35(41)34-32(23)31(21-7-8-26(42-5)24(39)16-21)33-22-17-28(43-6)25(40)15-20(22)9-10-38(33)34/h7-10,15-19,39-40H,11-14H2,1-6H3. The fraction of sp³-hybridized carbons (Fsp3) is 0.286. The summed E-state index contributed by atoms with van der Waals surface area (Å²) in [7, 11) is 10.8. The highest BCUT2D eigenvalue weighted by molar-refractivity contribution is 6.22. The van der Waals surface area contributed by atoms with E-state index in [9.17, 15) is 15.0 Å². The number of nitrogens with zero attached hydrogens (tertiary/aromatic N) is 3. The van der Waals surface area contributed by atoms with E-state index in [0.717, 1.165) is 10.8 Å². The Hall–Kier alpha value is -5.13. The van der Waals surface area contributed by atoms with Crippen LogP contribution in [0.3, 0.4) is 0 Å². The lowest BCUT2D eigenvalue weighted by molar-refractivity contribution is 0.227. The Morgan fingerprint density at radius 2 is 1.37 bits per heavy atom. The molecule has 11 nitrogen and oxygen atoms in total. The highest BCUT2D eigenvalue weighted by Gasteiger charge is 2.25. The summed E-state index contributed by atoms with van der Waals surface area (Å²) in [6.45, 7) is 2.18. The van der Waals surface area contributed by atoms with Gasteiger partial charge in [-0.3, -0.25) is 0 Å². The van der Waals surface area contributed by atoms with Gasteiger partial charge in [-0.25, -0.2) is 4.79 Å². The number of benzene rings is 3. The molecule has 0 amide bonds. The Balaban J connectivity index is 1.74. The summed E-state index contributed by atoms with van der Waals surface area (Å²) in [6.07, 6.45) is 1.77. The van der Waals surface area contributed by atoms with E-state index in [1.807, 2.05) is 56.2 Å². The molecule has 0 spiro atoms. The van der Waals surface area contributed by atoms with E-state index >= 15 is 0 Å². The summed E-state index contributed by atoms with van der Waals surface area (Å²) < 4.78 is 30.9. The van der Waals surface area contributed by atoms with Crippen LogP contribution in [0.2, 0.25) is 0 Å². The highest BCUT2D eigenvalue weighted by atomic mass is 16.5. The molecular formula is C35H37N3O8. The number of pyridine rings is 1. The minimum atomic E-state index is -0.549. The van der Waals surface area contributed by atoms with Crippen molar-refractivity contribution >= 4 is 38.2 Å². The zero-order valence-corrected chi connectivity index (χ0v) is 26.7. The van der Waals surface area contributed by atoms with E-state index in [4.69, 9.17) is 23.4 Å². The molecule has 0 fully saturated rings. The third-order valence-corrected chi connectivity index (χ3v) is 7.99. The number of aromatic nitrogens is 1. The van der Waals surface area contributed by atoms with Crippen molar-refractivity contribution in [2.45, 2.75) is 0 Å². The van der Waals surface area contributed by atoms with Crippen LogP contribution in [-0.2, 0) is 0 Å². The Labute approximate surface area is 265 Å². The molecule has 0 unspecified atom stereocenters. The molecule has 3 aromatic carbocycles. The minimum absolute atomic E-state index is 0.00891. The molecule has 0 aliphatic carbocycles. The van der Waals surface area contributed by atoms with Crippen LogP contribution in [0.4, 0.5) is 0 Å². The Bertz CT molecular complexity index is 2150. The summed E-state index contributed by atoms with van der Waals surface area (Å²) in [5, 5.41) is 24.1. The summed E-state index contributed by atoms with van der Waals surface area (Å²) in [4.78, 5) is 17.9. The number of rotatable bonds is 11. The third kappa shape index (κ3) is 5.48. The number of methoxy groups -OCH3 is 2. The maximum atomic E-state index is 13.9. The second kappa shape index (κ2) is 12.3. The molecule has 6 aromatic rings. The minimum Gasteiger partial charge on any atom is -0.504 e. The average Bonchev–Trinajstić information content (AvgIpc) is 3.37. The molecule has 240 valence electrons. The number of ether oxygens (including phenoxy) is 4. The van der Waals surface area contributed by atoms with Crippen LogP contribution < -0.4 is 24.6 Å². The lowest BCUT2D eigenvalue weighted by Gasteiger charge is -2.17. The van der Waals surface area contributed by atoms with E-state index in [1.165, 1.54) is 14.2 Å². The van der Waals surface area contributed by atoms with Gasteiger partial charge in [-0.05, 0) is 75.5 Å². The van der Waals surface area contributed by atoms with Crippen LogP contribution in [-0.4, -0.2) is 93.1 Å². The molecule has 0 saturated heterocycles. The number of hydrogen-bond donors (Lipinski definition) is 2. The van der Waals surface area contributed by atoms with Gasteiger partial charge in [0.05, 0.1) is 19.7 Å². The van der Waals surface area contributed by atoms with Crippen molar-refractivity contribution in [3.05, 3.63) is 65.1 Å². The lowest BCUT2D eigenvalue weighted by atomic mass is 9.98. The van der Waals surface area contributed by atoms with Gasteiger partial charge in [-0.1, -0.05) is 6.07 Å². The van der Waals surface area contributed by atoms with Gasteiger partial charge < -0.3 is 47.8 Å². The largest absolute Gasteiger partial charge is 0.504 e. The van der Waals surface area contributed by atoms with E-state index in [0.29, 0.717) is 82.1 Å². The number of likely N-dealkylation sites (N-methyl/N-ethyl adjacent to an activating group) is 2. The number of phenolic OH excluding ortho intramolecular Hbond substituents is 2. The van der Waals surface area contributed by atoms with Crippen molar-refractivity contribution in [1.29, 1.82) is 0 Å². The van der Waals surface area contributed by atoms with E-state index in [1.54, 1.807) is 40.9 Å². The van der Waals surface area contributed by atoms with Crippen molar-refractivity contribution in [3.63, 3.8) is 0 Å². The first-order chi connectivity index (χ1) is 22.1. The van der Waals surface area contributed by atoms with Crippen LogP contribution in [0, 0.1) is 0 Å². The van der Waals surface area contributed by atoms with Gasteiger partial charge in [0.15, 0.2) is 34.5 Å². The van der Waals surface area contributed by atoms with Gasteiger partial charge in [0.25, 0.3) is 0 Å². The number of aromatic hydroxyl groups is 2. The molecule has 0 atom stereocenters. The normalized spacial score (nSPS) is 11.8. The second-order valence-electron chi connectivity index (χ2n) is 11.6. The van der Waals surface area contributed by atoms with Crippen LogP contribution in [0.25, 0.3) is 49.3 Å². The second-order valence-corrected chi connectivity index (χ2v) is 11.6. The summed E-state index contributed by atoms with van der Waals surface area (Å²) in [5.74, 6) is 1.51. The molecule has 46 heavy (non-hydrogen) atoms. The monoisotopic (exact) mass is 627 g/mol. The number of phenols is 2. The first-order valence-electron chi connectivity index (χ1n) is 14.8. The molecule has 0 saturated carbocycles. The molecule has 11 heteroatoms. The Morgan fingerprint density at radius 1 is 0.739 bits per heavy atom. The predicted octanol–water partition coefficient (Wildman–Crippen LogP) is 5.33. The van der Waals surface area contributed by atoms with Crippen molar-refractivity contribution in [2.75, 3.05) is 68.7 Å². The van der Waals surface area contributed by atoms with Crippen LogP contribution in [0.15, 0.2) is 63.9 Å². The number of fused-ring (bicyclic) bond motifs is 7. The van der Waals surface area contributed by atoms with Gasteiger partial charge >= 0.3 is 5.63 Å². The summed E-state index contributed by atoms with van der Waals surface area (Å²) in [5.41, 5.74) is 2.06. The van der Waals surface area contributed by atoms with E-state index in [2.05, 4.69) is 0 Å². The van der Waals surface area contributed by atoms with Crippen molar-refractivity contribution in [2.24, 2.45) is 0 Å². The Morgan fingerprint density at radius 3 is 2.00 bits per heavy atom. The van der Waals surface area contributed by atoms with Crippen LogP contribution >= 0.6 is 0 Å². The zero-order valence-electron chi connectivity index (χ0n) is 26.7. The molecule has 0 bridgehead atoms. The first-order valence-corrected chi connectivity index (χ1v) is 14.8.